The number of hydrogen-bond donors (Lipinski definition) is 1. The molecule has 0 unspecified atom stereocenters. The van der Waals surface area contributed by atoms with Crippen LogP contribution in [0.3, 0.4) is 0 Å². The van der Waals surface area contributed by atoms with Gasteiger partial charge in [0.05, 0.1) is 7.11 Å². The van der Waals surface area contributed by atoms with E-state index in [1.165, 1.54) is 0 Å². The molecule has 7 nitrogen and oxygen atoms in total. The van der Waals surface area contributed by atoms with E-state index < -0.39 is 8.07 Å². The molecule has 164 valence electrons. The molecule has 8 heteroatoms. The Bertz CT molecular complexity index is 1090. The van der Waals surface area contributed by atoms with Crippen molar-refractivity contribution in [3.05, 3.63) is 36.4 Å². The summed E-state index contributed by atoms with van der Waals surface area (Å²) < 4.78 is 13.3. The fourth-order valence-electron chi connectivity index (χ4n) is 3.35. The van der Waals surface area contributed by atoms with Crippen molar-refractivity contribution in [2.24, 2.45) is 5.92 Å². The summed E-state index contributed by atoms with van der Waals surface area (Å²) >= 11 is 0. The summed E-state index contributed by atoms with van der Waals surface area (Å²) in [7, 11) is 0.479. The number of ether oxygens (including phenoxy) is 2. The fraction of sp³-hybridized carbons (Fsp3) is 0.435. The molecule has 4 rings (SSSR count). The topological polar surface area (TPSA) is 78.3 Å². The summed E-state index contributed by atoms with van der Waals surface area (Å²) in [6, 6.07) is 12.7. The van der Waals surface area contributed by atoms with Gasteiger partial charge in [-0.05, 0) is 43.2 Å². The van der Waals surface area contributed by atoms with Gasteiger partial charge in [0.15, 0.2) is 5.65 Å². The number of nitrogens with one attached hydrogen (secondary N) is 1. The van der Waals surface area contributed by atoms with Gasteiger partial charge in [-0.3, -0.25) is 4.79 Å². The Kier molecular flexibility index (Phi) is 6.11. The highest BCUT2D eigenvalue weighted by atomic mass is 28.3. The van der Waals surface area contributed by atoms with Crippen LogP contribution in [0.2, 0.25) is 25.7 Å². The predicted octanol–water partition coefficient (Wildman–Crippen LogP) is 4.77. The van der Waals surface area contributed by atoms with Crippen molar-refractivity contribution in [1.29, 1.82) is 0 Å². The third-order valence-corrected chi connectivity index (χ3v) is 7.07. The summed E-state index contributed by atoms with van der Waals surface area (Å²) in [4.78, 5) is 16.9. The van der Waals surface area contributed by atoms with Crippen LogP contribution in [0.4, 0.5) is 5.82 Å². The van der Waals surface area contributed by atoms with E-state index in [4.69, 9.17) is 19.6 Å². The summed E-state index contributed by atoms with van der Waals surface area (Å²) in [5.41, 5.74) is 2.36. The number of nitrogens with zero attached hydrogens (tertiary/aromatic N) is 3. The number of anilines is 1. The minimum absolute atomic E-state index is 0.0363. The van der Waals surface area contributed by atoms with Crippen LogP contribution >= 0.6 is 0 Å². The van der Waals surface area contributed by atoms with Crippen molar-refractivity contribution >= 4 is 30.8 Å². The van der Waals surface area contributed by atoms with Crippen molar-refractivity contribution in [2.45, 2.75) is 45.3 Å². The van der Waals surface area contributed by atoms with Crippen molar-refractivity contribution in [3.63, 3.8) is 0 Å². The van der Waals surface area contributed by atoms with Gasteiger partial charge in [-0.1, -0.05) is 31.8 Å². The number of carbonyl (C=O) groups is 1. The molecule has 0 bridgehead atoms. The maximum absolute atomic E-state index is 12.2. The molecule has 2 aromatic heterocycles. The van der Waals surface area contributed by atoms with E-state index in [1.807, 2.05) is 36.4 Å². The molecular formula is C23H30N4O3Si. The number of para-hydroxylation sites is 1. The largest absolute Gasteiger partial charge is 0.496 e. The van der Waals surface area contributed by atoms with Crippen LogP contribution in [-0.4, -0.2) is 42.5 Å². The second-order valence-corrected chi connectivity index (χ2v) is 14.8. The van der Waals surface area contributed by atoms with E-state index in [0.29, 0.717) is 24.8 Å². The summed E-state index contributed by atoms with van der Waals surface area (Å²) in [5.74, 6) is 1.45. The number of rotatable bonds is 9. The van der Waals surface area contributed by atoms with E-state index in [9.17, 15) is 4.79 Å². The molecule has 1 saturated carbocycles. The van der Waals surface area contributed by atoms with Gasteiger partial charge in [0.25, 0.3) is 0 Å². The normalized spacial score (nSPS) is 14.1. The lowest BCUT2D eigenvalue weighted by atomic mass is 10.1. The quantitative estimate of drug-likeness (QED) is 0.385. The van der Waals surface area contributed by atoms with Crippen molar-refractivity contribution < 1.29 is 14.3 Å². The highest BCUT2D eigenvalue weighted by Gasteiger charge is 2.30. The Hall–Kier alpha value is -2.71. The molecular weight excluding hydrogens is 408 g/mol. The minimum atomic E-state index is -1.18. The first-order valence-electron chi connectivity index (χ1n) is 10.8. The molecule has 1 aromatic carbocycles. The van der Waals surface area contributed by atoms with Gasteiger partial charge < -0.3 is 14.8 Å². The molecule has 1 aliphatic rings. The third-order valence-electron chi connectivity index (χ3n) is 5.37. The zero-order valence-electron chi connectivity index (χ0n) is 18.6. The highest BCUT2D eigenvalue weighted by molar-refractivity contribution is 6.76. The average Bonchev–Trinajstić information content (AvgIpc) is 3.53. The molecule has 0 spiro atoms. The smallest absolute Gasteiger partial charge is 0.228 e. The number of aromatic nitrogens is 3. The summed E-state index contributed by atoms with van der Waals surface area (Å²) in [6.07, 6.45) is 1.91. The second kappa shape index (κ2) is 8.80. The zero-order chi connectivity index (χ0) is 22.0. The van der Waals surface area contributed by atoms with Crippen LogP contribution in [0.25, 0.3) is 22.3 Å². The van der Waals surface area contributed by atoms with Crippen LogP contribution in [0.15, 0.2) is 36.4 Å². The first kappa shape index (κ1) is 21.5. The van der Waals surface area contributed by atoms with Gasteiger partial charge in [0.2, 0.25) is 5.91 Å². The highest BCUT2D eigenvalue weighted by Crippen LogP contribution is 2.35. The Balaban J connectivity index is 1.67. The maximum atomic E-state index is 12.2. The monoisotopic (exact) mass is 438 g/mol. The van der Waals surface area contributed by atoms with Crippen LogP contribution < -0.4 is 10.1 Å². The fourth-order valence-corrected chi connectivity index (χ4v) is 4.11. The van der Waals surface area contributed by atoms with Crippen LogP contribution in [0.5, 0.6) is 5.75 Å². The number of fused-ring (bicyclic) bond motifs is 1. The van der Waals surface area contributed by atoms with Crippen LogP contribution in [0, 0.1) is 5.92 Å². The maximum Gasteiger partial charge on any atom is 0.228 e. The van der Waals surface area contributed by atoms with Crippen molar-refractivity contribution in [1.82, 2.24) is 14.8 Å². The molecule has 31 heavy (non-hydrogen) atoms. The van der Waals surface area contributed by atoms with Gasteiger partial charge in [-0.25, -0.2) is 9.67 Å². The zero-order valence-corrected chi connectivity index (χ0v) is 19.6. The van der Waals surface area contributed by atoms with E-state index >= 15 is 0 Å². The molecule has 1 aliphatic carbocycles. The van der Waals surface area contributed by atoms with Crippen LogP contribution in [-0.2, 0) is 16.3 Å². The lowest BCUT2D eigenvalue weighted by molar-refractivity contribution is -0.117. The molecule has 1 fully saturated rings. The molecule has 3 aromatic rings. The first-order valence-corrected chi connectivity index (χ1v) is 14.5. The van der Waals surface area contributed by atoms with Gasteiger partial charge in [0, 0.05) is 31.5 Å². The average molecular weight is 439 g/mol. The summed E-state index contributed by atoms with van der Waals surface area (Å²) in [6.45, 7) is 7.99. The Morgan fingerprint density at radius 2 is 1.97 bits per heavy atom. The molecule has 1 N–H and O–H groups in total. The Morgan fingerprint density at radius 1 is 1.19 bits per heavy atom. The van der Waals surface area contributed by atoms with E-state index in [0.717, 1.165) is 41.3 Å². The molecule has 0 aliphatic heterocycles. The Labute approximate surface area is 183 Å². The SMILES string of the molecule is COc1ccccc1-c1nn(COCC[Si](C)(C)C)c2nc(NC(=O)C3CC3)ccc12. The molecule has 0 radical (unpaired) electrons. The Morgan fingerprint density at radius 3 is 2.68 bits per heavy atom. The predicted molar refractivity (Wildman–Crippen MR) is 125 cm³/mol. The first-order chi connectivity index (χ1) is 14.9. The number of hydrogen-bond acceptors (Lipinski definition) is 5. The van der Waals surface area contributed by atoms with E-state index in [1.54, 1.807) is 11.8 Å². The number of amides is 1. The second-order valence-electron chi connectivity index (χ2n) is 9.23. The van der Waals surface area contributed by atoms with Crippen LogP contribution in [0.1, 0.15) is 12.8 Å². The number of benzene rings is 1. The number of methoxy groups -OCH3 is 1. The molecule has 2 heterocycles. The van der Waals surface area contributed by atoms with E-state index in [2.05, 4.69) is 25.0 Å². The van der Waals surface area contributed by atoms with Gasteiger partial charge in [-0.15, -0.1) is 0 Å². The van der Waals surface area contributed by atoms with Crippen molar-refractivity contribution in [3.8, 4) is 17.0 Å². The van der Waals surface area contributed by atoms with Gasteiger partial charge in [-0.2, -0.15) is 5.10 Å². The lowest BCUT2D eigenvalue weighted by Gasteiger charge is -2.15. The molecule has 0 atom stereocenters. The lowest BCUT2D eigenvalue weighted by Crippen LogP contribution is -2.22. The number of carbonyl (C=O) groups excluding carboxylic acids is 1. The molecule has 1 amide bonds. The summed E-state index contributed by atoms with van der Waals surface area (Å²) in [5, 5.41) is 8.64. The molecule has 0 saturated heterocycles. The standard InChI is InChI=1S/C23H30N4O3Si/c1-29-19-8-6-5-7-17(19)21-18-11-12-20(25-23(28)16-9-10-16)24-22(18)27(26-21)15-30-13-14-31(2,3)4/h5-8,11-12,16H,9-10,13-15H2,1-4H3,(H,24,25,28). The third kappa shape index (κ3) is 5.14. The van der Waals surface area contributed by atoms with Crippen molar-refractivity contribution in [2.75, 3.05) is 19.0 Å². The van der Waals surface area contributed by atoms with Gasteiger partial charge >= 0.3 is 0 Å². The van der Waals surface area contributed by atoms with E-state index in [-0.39, 0.29) is 11.8 Å². The number of pyridine rings is 1. The minimum Gasteiger partial charge on any atom is -0.496 e. The van der Waals surface area contributed by atoms with Gasteiger partial charge in [0.1, 0.15) is 24.0 Å².